The van der Waals surface area contributed by atoms with E-state index in [1.807, 2.05) is 20.8 Å². The van der Waals surface area contributed by atoms with Crippen LogP contribution >= 0.6 is 0 Å². The number of hydrogen-bond donors (Lipinski definition) is 2. The van der Waals surface area contributed by atoms with Gasteiger partial charge in [-0.1, -0.05) is 20.8 Å². The summed E-state index contributed by atoms with van der Waals surface area (Å²) in [5.74, 6) is -3.19. The number of carbonyl (C=O) groups is 2. The minimum absolute atomic E-state index is 0.121. The Morgan fingerprint density at radius 2 is 1.75 bits per heavy atom. The lowest BCUT2D eigenvalue weighted by atomic mass is 9.84. The first-order valence-corrected chi connectivity index (χ1v) is 6.13. The zero-order valence-corrected chi connectivity index (χ0v) is 11.8. The summed E-state index contributed by atoms with van der Waals surface area (Å²) in [6.45, 7) is 2.79. The van der Waals surface area contributed by atoms with Crippen LogP contribution in [0.1, 0.15) is 27.2 Å². The van der Waals surface area contributed by atoms with Crippen molar-refractivity contribution in [2.45, 2.75) is 33.4 Å². The SMILES string of the molecule is CC(C)(C)CC(CN)C(=O)N(CC(=O)O)CC(F)(F)F. The average molecular weight is 298 g/mol. The van der Waals surface area contributed by atoms with Crippen molar-refractivity contribution in [1.29, 1.82) is 0 Å². The highest BCUT2D eigenvalue weighted by Crippen LogP contribution is 2.26. The molecule has 0 bridgehead atoms. The van der Waals surface area contributed by atoms with Crippen LogP contribution in [0.5, 0.6) is 0 Å². The summed E-state index contributed by atoms with van der Waals surface area (Å²) in [4.78, 5) is 22.9. The number of nitrogens with two attached hydrogens (primary N) is 1. The maximum absolute atomic E-state index is 12.4. The van der Waals surface area contributed by atoms with Gasteiger partial charge in [-0.15, -0.1) is 0 Å². The molecule has 0 heterocycles. The van der Waals surface area contributed by atoms with Gasteiger partial charge in [-0.25, -0.2) is 0 Å². The Balaban J connectivity index is 5.03. The van der Waals surface area contributed by atoms with Crippen LogP contribution in [-0.2, 0) is 9.59 Å². The number of aliphatic carboxylic acids is 1. The fraction of sp³-hybridized carbons (Fsp3) is 0.833. The van der Waals surface area contributed by atoms with Gasteiger partial charge < -0.3 is 15.7 Å². The van der Waals surface area contributed by atoms with E-state index < -0.39 is 37.1 Å². The number of halogens is 3. The molecule has 0 aromatic carbocycles. The van der Waals surface area contributed by atoms with Crippen molar-refractivity contribution in [2.24, 2.45) is 17.1 Å². The molecule has 0 spiro atoms. The van der Waals surface area contributed by atoms with Crippen molar-refractivity contribution < 1.29 is 27.9 Å². The third-order valence-electron chi connectivity index (χ3n) is 2.50. The highest BCUT2D eigenvalue weighted by molar-refractivity contribution is 5.83. The molecule has 0 saturated heterocycles. The molecule has 1 atom stereocenters. The van der Waals surface area contributed by atoms with Crippen molar-refractivity contribution in [2.75, 3.05) is 19.6 Å². The average Bonchev–Trinajstić information content (AvgIpc) is 2.20. The second-order valence-corrected chi connectivity index (χ2v) is 5.90. The molecule has 118 valence electrons. The van der Waals surface area contributed by atoms with Crippen molar-refractivity contribution >= 4 is 11.9 Å². The van der Waals surface area contributed by atoms with Gasteiger partial charge in [-0.3, -0.25) is 9.59 Å². The number of carboxylic acid groups (broad SMARTS) is 1. The zero-order chi connectivity index (χ0) is 16.1. The van der Waals surface area contributed by atoms with Crippen LogP contribution in [-0.4, -0.2) is 47.7 Å². The molecule has 0 aliphatic heterocycles. The molecule has 8 heteroatoms. The second-order valence-electron chi connectivity index (χ2n) is 5.90. The zero-order valence-electron chi connectivity index (χ0n) is 11.8. The van der Waals surface area contributed by atoms with E-state index in [0.717, 1.165) is 0 Å². The summed E-state index contributed by atoms with van der Waals surface area (Å²) in [7, 11) is 0. The lowest BCUT2D eigenvalue weighted by Crippen LogP contribution is -2.47. The Labute approximate surface area is 115 Å². The van der Waals surface area contributed by atoms with Crippen molar-refractivity contribution in [3.05, 3.63) is 0 Å². The Bertz CT molecular complexity index is 351. The largest absolute Gasteiger partial charge is 0.480 e. The Morgan fingerprint density at radius 3 is 2.05 bits per heavy atom. The molecule has 0 aliphatic rings. The Morgan fingerprint density at radius 1 is 1.25 bits per heavy atom. The summed E-state index contributed by atoms with van der Waals surface area (Å²) in [5, 5.41) is 8.62. The van der Waals surface area contributed by atoms with Gasteiger partial charge in [0.05, 0.1) is 5.92 Å². The molecular weight excluding hydrogens is 277 g/mol. The van der Waals surface area contributed by atoms with Crippen LogP contribution in [0, 0.1) is 11.3 Å². The first kappa shape index (κ1) is 18.7. The molecule has 1 amide bonds. The third-order valence-corrected chi connectivity index (χ3v) is 2.50. The molecule has 3 N–H and O–H groups in total. The van der Waals surface area contributed by atoms with Gasteiger partial charge in [-0.05, 0) is 11.8 Å². The molecule has 0 aromatic heterocycles. The van der Waals surface area contributed by atoms with Crippen LogP contribution < -0.4 is 5.73 Å². The quantitative estimate of drug-likeness (QED) is 0.778. The molecular formula is C12H21F3N2O3. The van der Waals surface area contributed by atoms with Crippen LogP contribution in [0.2, 0.25) is 0 Å². The van der Waals surface area contributed by atoms with E-state index in [4.69, 9.17) is 10.8 Å². The summed E-state index contributed by atoms with van der Waals surface area (Å²) in [6, 6.07) is 0. The minimum atomic E-state index is -4.65. The normalized spacial score (nSPS) is 13.9. The Hall–Kier alpha value is -1.31. The maximum atomic E-state index is 12.4. The predicted octanol–water partition coefficient (Wildman–Crippen LogP) is 1.47. The fourth-order valence-corrected chi connectivity index (χ4v) is 1.86. The number of hydrogen-bond acceptors (Lipinski definition) is 3. The molecule has 0 radical (unpaired) electrons. The number of amides is 1. The summed E-state index contributed by atoms with van der Waals surface area (Å²) in [6.07, 6.45) is -4.36. The topological polar surface area (TPSA) is 83.6 Å². The molecule has 0 aromatic rings. The number of carbonyl (C=O) groups excluding carboxylic acids is 1. The first-order chi connectivity index (χ1) is 8.85. The van der Waals surface area contributed by atoms with Crippen LogP contribution in [0.3, 0.4) is 0 Å². The third kappa shape index (κ3) is 7.98. The monoisotopic (exact) mass is 298 g/mol. The first-order valence-electron chi connectivity index (χ1n) is 6.13. The number of carboxylic acids is 1. The summed E-state index contributed by atoms with van der Waals surface area (Å²) >= 11 is 0. The number of nitrogens with zero attached hydrogens (tertiary/aromatic N) is 1. The van der Waals surface area contributed by atoms with E-state index in [0.29, 0.717) is 4.90 Å². The second kappa shape index (κ2) is 6.92. The molecule has 20 heavy (non-hydrogen) atoms. The molecule has 0 fully saturated rings. The standard InChI is InChI=1S/C12H21F3N2O3/c1-11(2,3)4-8(5-16)10(20)17(6-9(18)19)7-12(13,14)15/h8H,4-7,16H2,1-3H3,(H,18,19). The molecule has 0 rings (SSSR count). The maximum Gasteiger partial charge on any atom is 0.406 e. The predicted molar refractivity (Wildman–Crippen MR) is 66.9 cm³/mol. The van der Waals surface area contributed by atoms with E-state index >= 15 is 0 Å². The van der Waals surface area contributed by atoms with Crippen molar-refractivity contribution in [3.63, 3.8) is 0 Å². The van der Waals surface area contributed by atoms with Gasteiger partial charge in [0.25, 0.3) is 0 Å². The summed E-state index contributed by atoms with van der Waals surface area (Å²) < 4.78 is 37.2. The van der Waals surface area contributed by atoms with Gasteiger partial charge in [0.1, 0.15) is 13.1 Å². The smallest absolute Gasteiger partial charge is 0.406 e. The highest BCUT2D eigenvalue weighted by atomic mass is 19.4. The van der Waals surface area contributed by atoms with Gasteiger partial charge in [0.15, 0.2) is 0 Å². The van der Waals surface area contributed by atoms with Gasteiger partial charge >= 0.3 is 12.1 Å². The molecule has 0 aliphatic carbocycles. The van der Waals surface area contributed by atoms with Gasteiger partial charge in [-0.2, -0.15) is 13.2 Å². The van der Waals surface area contributed by atoms with Crippen molar-refractivity contribution in [1.82, 2.24) is 4.90 Å². The summed E-state index contributed by atoms with van der Waals surface area (Å²) in [5.41, 5.74) is 5.14. The van der Waals surface area contributed by atoms with E-state index in [1.165, 1.54) is 0 Å². The van der Waals surface area contributed by atoms with Crippen molar-refractivity contribution in [3.8, 4) is 0 Å². The fourth-order valence-electron chi connectivity index (χ4n) is 1.86. The highest BCUT2D eigenvalue weighted by Gasteiger charge is 2.36. The number of alkyl halides is 3. The van der Waals surface area contributed by atoms with Crippen LogP contribution in [0.4, 0.5) is 13.2 Å². The van der Waals surface area contributed by atoms with Gasteiger partial charge in [0.2, 0.25) is 5.91 Å². The number of rotatable bonds is 6. The lowest BCUT2D eigenvalue weighted by molar-refractivity contribution is -0.168. The molecule has 5 nitrogen and oxygen atoms in total. The van der Waals surface area contributed by atoms with Gasteiger partial charge in [0, 0.05) is 6.54 Å². The Kier molecular flexibility index (Phi) is 6.46. The molecule has 1 unspecified atom stereocenters. The molecule has 0 saturated carbocycles. The van der Waals surface area contributed by atoms with E-state index in [-0.39, 0.29) is 18.4 Å². The minimum Gasteiger partial charge on any atom is -0.480 e. The lowest BCUT2D eigenvalue weighted by Gasteiger charge is -2.29. The van der Waals surface area contributed by atoms with Crippen LogP contribution in [0.15, 0.2) is 0 Å². The van der Waals surface area contributed by atoms with E-state index in [1.54, 1.807) is 0 Å². The van der Waals surface area contributed by atoms with E-state index in [9.17, 15) is 22.8 Å². The van der Waals surface area contributed by atoms with Crippen LogP contribution in [0.25, 0.3) is 0 Å². The van der Waals surface area contributed by atoms with E-state index in [2.05, 4.69) is 0 Å².